The number of hydrogen-bond donors (Lipinski definition) is 1. The Labute approximate surface area is 119 Å². The highest BCUT2D eigenvalue weighted by atomic mass is 19.1. The van der Waals surface area contributed by atoms with E-state index in [1.165, 1.54) is 6.07 Å². The van der Waals surface area contributed by atoms with Crippen LogP contribution in [0.5, 0.6) is 5.75 Å². The fraction of sp³-hybridized carbons (Fsp3) is 0.294. The number of nitrogens with one attached hydrogen (secondary N) is 1. The smallest absolute Gasteiger partial charge is 0.128 e. The van der Waals surface area contributed by atoms with Crippen molar-refractivity contribution in [2.45, 2.75) is 19.4 Å². The fourth-order valence-corrected chi connectivity index (χ4v) is 2.21. The van der Waals surface area contributed by atoms with Gasteiger partial charge in [0.2, 0.25) is 0 Å². The number of benzene rings is 2. The molecule has 0 saturated heterocycles. The number of rotatable bonds is 6. The van der Waals surface area contributed by atoms with E-state index in [0.717, 1.165) is 17.7 Å². The average Bonchev–Trinajstić information content (AvgIpc) is 2.48. The van der Waals surface area contributed by atoms with Crippen LogP contribution in [0.25, 0.3) is 0 Å². The third-order valence-electron chi connectivity index (χ3n) is 3.17. The van der Waals surface area contributed by atoms with Crippen LogP contribution in [-0.4, -0.2) is 13.7 Å². The molecule has 1 atom stereocenters. The van der Waals surface area contributed by atoms with Crippen molar-refractivity contribution in [2.75, 3.05) is 13.7 Å². The second kappa shape index (κ2) is 7.06. The largest absolute Gasteiger partial charge is 0.494 e. The first kappa shape index (κ1) is 14.5. The second-order valence-electron chi connectivity index (χ2n) is 4.66. The third kappa shape index (κ3) is 3.36. The zero-order chi connectivity index (χ0) is 14.4. The second-order valence-corrected chi connectivity index (χ2v) is 4.66. The lowest BCUT2D eigenvalue weighted by Gasteiger charge is -2.18. The molecule has 0 aromatic heterocycles. The highest BCUT2D eigenvalue weighted by Crippen LogP contribution is 2.26. The third-order valence-corrected chi connectivity index (χ3v) is 3.17. The molecule has 0 aliphatic heterocycles. The first-order chi connectivity index (χ1) is 9.76. The van der Waals surface area contributed by atoms with E-state index in [1.54, 1.807) is 12.1 Å². The SMILES string of the molecule is CCCOc1cccc(C(NC)c2ccccc2F)c1. The van der Waals surface area contributed by atoms with Crippen LogP contribution in [-0.2, 0) is 0 Å². The van der Waals surface area contributed by atoms with Gasteiger partial charge in [-0.15, -0.1) is 0 Å². The molecule has 106 valence electrons. The van der Waals surface area contributed by atoms with Crippen molar-refractivity contribution < 1.29 is 9.13 Å². The van der Waals surface area contributed by atoms with Gasteiger partial charge in [-0.1, -0.05) is 37.3 Å². The summed E-state index contributed by atoms with van der Waals surface area (Å²) >= 11 is 0. The van der Waals surface area contributed by atoms with Gasteiger partial charge in [-0.05, 0) is 37.2 Å². The van der Waals surface area contributed by atoms with Crippen LogP contribution in [0, 0.1) is 5.82 Å². The molecule has 2 aromatic carbocycles. The maximum Gasteiger partial charge on any atom is 0.128 e. The maximum absolute atomic E-state index is 13.9. The van der Waals surface area contributed by atoms with E-state index in [1.807, 2.05) is 37.4 Å². The van der Waals surface area contributed by atoms with Crippen LogP contribution in [0.2, 0.25) is 0 Å². The standard InChI is InChI=1S/C17H20FNO/c1-3-11-20-14-8-6-7-13(12-14)17(19-2)15-9-4-5-10-16(15)18/h4-10,12,17,19H,3,11H2,1-2H3. The zero-order valence-corrected chi connectivity index (χ0v) is 11.9. The monoisotopic (exact) mass is 273 g/mol. The molecule has 0 saturated carbocycles. The van der Waals surface area contributed by atoms with E-state index in [2.05, 4.69) is 12.2 Å². The predicted octanol–water partition coefficient (Wildman–Crippen LogP) is 3.92. The van der Waals surface area contributed by atoms with Crippen LogP contribution in [0.3, 0.4) is 0 Å². The number of ether oxygens (including phenoxy) is 1. The minimum atomic E-state index is -0.202. The Bertz CT molecular complexity index is 556. The average molecular weight is 273 g/mol. The summed E-state index contributed by atoms with van der Waals surface area (Å²) in [5, 5.41) is 3.16. The Kier molecular flexibility index (Phi) is 5.13. The van der Waals surface area contributed by atoms with Crippen molar-refractivity contribution >= 4 is 0 Å². The first-order valence-corrected chi connectivity index (χ1v) is 6.90. The van der Waals surface area contributed by atoms with Gasteiger partial charge in [0.25, 0.3) is 0 Å². The highest BCUT2D eigenvalue weighted by Gasteiger charge is 2.16. The Morgan fingerprint density at radius 3 is 2.65 bits per heavy atom. The molecule has 0 heterocycles. The van der Waals surface area contributed by atoms with E-state index in [-0.39, 0.29) is 11.9 Å². The summed E-state index contributed by atoms with van der Waals surface area (Å²) in [6, 6.07) is 14.5. The fourth-order valence-electron chi connectivity index (χ4n) is 2.21. The van der Waals surface area contributed by atoms with Crippen molar-refractivity contribution in [1.82, 2.24) is 5.32 Å². The Morgan fingerprint density at radius 2 is 1.95 bits per heavy atom. The molecular formula is C17H20FNO. The topological polar surface area (TPSA) is 21.3 Å². The molecule has 0 aliphatic rings. The molecule has 1 unspecified atom stereocenters. The van der Waals surface area contributed by atoms with E-state index in [9.17, 15) is 4.39 Å². The molecule has 0 aliphatic carbocycles. The molecule has 2 nitrogen and oxygen atoms in total. The molecule has 1 N–H and O–H groups in total. The number of hydrogen-bond acceptors (Lipinski definition) is 2. The van der Waals surface area contributed by atoms with Crippen LogP contribution < -0.4 is 10.1 Å². The van der Waals surface area contributed by atoms with E-state index in [0.29, 0.717) is 12.2 Å². The molecule has 0 amide bonds. The Morgan fingerprint density at radius 1 is 1.15 bits per heavy atom. The predicted molar refractivity (Wildman–Crippen MR) is 79.5 cm³/mol. The van der Waals surface area contributed by atoms with Gasteiger partial charge in [-0.25, -0.2) is 4.39 Å². The summed E-state index contributed by atoms with van der Waals surface area (Å²) in [7, 11) is 1.83. The minimum absolute atomic E-state index is 0.179. The molecular weight excluding hydrogens is 253 g/mol. The first-order valence-electron chi connectivity index (χ1n) is 6.90. The minimum Gasteiger partial charge on any atom is -0.494 e. The molecule has 0 bridgehead atoms. The molecule has 0 spiro atoms. The van der Waals surface area contributed by atoms with Crippen molar-refractivity contribution in [3.63, 3.8) is 0 Å². The lowest BCUT2D eigenvalue weighted by molar-refractivity contribution is 0.317. The van der Waals surface area contributed by atoms with Gasteiger partial charge in [-0.3, -0.25) is 0 Å². The quantitative estimate of drug-likeness (QED) is 0.861. The van der Waals surface area contributed by atoms with Crippen LogP contribution >= 0.6 is 0 Å². The number of halogens is 1. The van der Waals surface area contributed by atoms with Gasteiger partial charge in [0.05, 0.1) is 12.6 Å². The summed E-state index contributed by atoms with van der Waals surface area (Å²) in [6.45, 7) is 2.76. The van der Waals surface area contributed by atoms with Crippen molar-refractivity contribution in [2.24, 2.45) is 0 Å². The normalized spacial score (nSPS) is 12.2. The van der Waals surface area contributed by atoms with Crippen LogP contribution in [0.1, 0.15) is 30.5 Å². The maximum atomic E-state index is 13.9. The molecule has 0 radical (unpaired) electrons. The van der Waals surface area contributed by atoms with E-state index in [4.69, 9.17) is 4.74 Å². The van der Waals surface area contributed by atoms with Gasteiger partial charge in [-0.2, -0.15) is 0 Å². The molecule has 3 heteroatoms. The molecule has 20 heavy (non-hydrogen) atoms. The summed E-state index contributed by atoms with van der Waals surface area (Å²) in [5.41, 5.74) is 1.63. The van der Waals surface area contributed by atoms with Gasteiger partial charge in [0.15, 0.2) is 0 Å². The summed E-state index contributed by atoms with van der Waals surface area (Å²) in [6.07, 6.45) is 0.965. The van der Waals surface area contributed by atoms with Crippen molar-refractivity contribution in [3.05, 3.63) is 65.5 Å². The Balaban J connectivity index is 2.30. The van der Waals surface area contributed by atoms with E-state index < -0.39 is 0 Å². The highest BCUT2D eigenvalue weighted by molar-refractivity contribution is 5.37. The van der Waals surface area contributed by atoms with Crippen molar-refractivity contribution in [3.8, 4) is 5.75 Å². The van der Waals surface area contributed by atoms with Gasteiger partial charge >= 0.3 is 0 Å². The lowest BCUT2D eigenvalue weighted by atomic mass is 9.98. The molecule has 0 fully saturated rings. The summed E-state index contributed by atoms with van der Waals surface area (Å²) in [5.74, 6) is 0.618. The summed E-state index contributed by atoms with van der Waals surface area (Å²) in [4.78, 5) is 0. The lowest BCUT2D eigenvalue weighted by Crippen LogP contribution is -2.19. The van der Waals surface area contributed by atoms with Crippen LogP contribution in [0.4, 0.5) is 4.39 Å². The Hall–Kier alpha value is -1.87. The molecule has 2 rings (SSSR count). The van der Waals surface area contributed by atoms with Gasteiger partial charge in [0.1, 0.15) is 11.6 Å². The van der Waals surface area contributed by atoms with Crippen molar-refractivity contribution in [1.29, 1.82) is 0 Å². The van der Waals surface area contributed by atoms with Gasteiger partial charge in [0, 0.05) is 5.56 Å². The molecule has 2 aromatic rings. The van der Waals surface area contributed by atoms with E-state index >= 15 is 0 Å². The summed E-state index contributed by atoms with van der Waals surface area (Å²) < 4.78 is 19.6. The van der Waals surface area contributed by atoms with Crippen LogP contribution in [0.15, 0.2) is 48.5 Å². The zero-order valence-electron chi connectivity index (χ0n) is 11.9. The van der Waals surface area contributed by atoms with Gasteiger partial charge < -0.3 is 10.1 Å².